The van der Waals surface area contributed by atoms with Crippen LogP contribution in [0, 0.1) is 6.92 Å². The van der Waals surface area contributed by atoms with E-state index >= 15 is 0 Å². The lowest BCUT2D eigenvalue weighted by molar-refractivity contribution is -0.120. The van der Waals surface area contributed by atoms with Gasteiger partial charge in [-0.05, 0) is 36.2 Å². The second-order valence-electron chi connectivity index (χ2n) is 6.03. The van der Waals surface area contributed by atoms with Gasteiger partial charge >= 0.3 is 6.03 Å². The first kappa shape index (κ1) is 16.8. The number of rotatable bonds is 5. The summed E-state index contributed by atoms with van der Waals surface area (Å²) in [6.07, 6.45) is 0.708. The summed E-state index contributed by atoms with van der Waals surface area (Å²) in [6, 6.07) is 14.9. The molecular weight excluding hydrogens is 318 g/mol. The first-order chi connectivity index (χ1) is 12.1. The summed E-state index contributed by atoms with van der Waals surface area (Å²) in [4.78, 5) is 23.7. The zero-order valence-corrected chi connectivity index (χ0v) is 14.0. The van der Waals surface area contributed by atoms with Crippen LogP contribution in [-0.2, 0) is 11.2 Å². The molecule has 3 amide bonds. The van der Waals surface area contributed by atoms with Crippen LogP contribution in [0.4, 0.5) is 10.5 Å². The molecule has 0 radical (unpaired) electrons. The van der Waals surface area contributed by atoms with Crippen LogP contribution in [0.2, 0.25) is 0 Å². The van der Waals surface area contributed by atoms with E-state index in [2.05, 4.69) is 16.0 Å². The maximum atomic E-state index is 11.9. The maximum absolute atomic E-state index is 11.9. The number of benzene rings is 2. The second-order valence-corrected chi connectivity index (χ2v) is 6.03. The number of anilines is 1. The molecule has 0 saturated carbocycles. The molecule has 0 aromatic heterocycles. The van der Waals surface area contributed by atoms with Crippen molar-refractivity contribution in [2.24, 2.45) is 0 Å². The van der Waals surface area contributed by atoms with Crippen LogP contribution < -0.4 is 20.7 Å². The van der Waals surface area contributed by atoms with Crippen molar-refractivity contribution >= 4 is 17.6 Å². The van der Waals surface area contributed by atoms with Gasteiger partial charge in [-0.3, -0.25) is 4.79 Å². The number of urea groups is 1. The fourth-order valence-electron chi connectivity index (χ4n) is 2.72. The Hall–Kier alpha value is -3.02. The predicted octanol–water partition coefficient (Wildman–Crippen LogP) is 2.24. The number of hydrogen-bond acceptors (Lipinski definition) is 3. The standard InChI is InChI=1S/C19H21N3O3/c1-13-5-4-7-15(9-13)22-19(24)21-12-18(23)20-11-16-10-14-6-2-3-8-17(14)25-16/h2-9,16H,10-12H2,1H3,(H,20,23)(H2,21,22,24). The van der Waals surface area contributed by atoms with Crippen molar-refractivity contribution in [1.29, 1.82) is 0 Å². The van der Waals surface area contributed by atoms with E-state index in [9.17, 15) is 9.59 Å². The monoisotopic (exact) mass is 339 g/mol. The van der Waals surface area contributed by atoms with Gasteiger partial charge in [-0.2, -0.15) is 0 Å². The number of fused-ring (bicyclic) bond motifs is 1. The Morgan fingerprint density at radius 3 is 2.76 bits per heavy atom. The van der Waals surface area contributed by atoms with Crippen LogP contribution in [0.5, 0.6) is 5.75 Å². The van der Waals surface area contributed by atoms with Gasteiger partial charge in [0, 0.05) is 12.1 Å². The van der Waals surface area contributed by atoms with E-state index in [1.165, 1.54) is 0 Å². The third-order valence-corrected chi connectivity index (χ3v) is 3.93. The van der Waals surface area contributed by atoms with Gasteiger partial charge in [-0.25, -0.2) is 4.79 Å². The Bertz CT molecular complexity index is 751. The summed E-state index contributed by atoms with van der Waals surface area (Å²) < 4.78 is 5.76. The summed E-state index contributed by atoms with van der Waals surface area (Å²) in [7, 11) is 0. The van der Waals surface area contributed by atoms with Crippen LogP contribution in [-0.4, -0.2) is 31.1 Å². The molecule has 0 saturated heterocycles. The van der Waals surface area contributed by atoms with Crippen molar-refractivity contribution in [3.8, 4) is 5.75 Å². The van der Waals surface area contributed by atoms with Crippen LogP contribution in [0.25, 0.3) is 0 Å². The van der Waals surface area contributed by atoms with Crippen molar-refractivity contribution < 1.29 is 14.3 Å². The molecule has 2 aromatic carbocycles. The Kier molecular flexibility index (Phi) is 5.18. The number of nitrogens with one attached hydrogen (secondary N) is 3. The minimum absolute atomic E-state index is 0.0672. The predicted molar refractivity (Wildman–Crippen MR) is 95.8 cm³/mol. The van der Waals surface area contributed by atoms with Crippen molar-refractivity contribution in [3.05, 3.63) is 59.7 Å². The van der Waals surface area contributed by atoms with Crippen LogP contribution in [0.1, 0.15) is 11.1 Å². The molecule has 6 nitrogen and oxygen atoms in total. The van der Waals surface area contributed by atoms with Gasteiger partial charge in [0.05, 0.1) is 13.1 Å². The molecule has 2 aromatic rings. The van der Waals surface area contributed by atoms with Crippen LogP contribution in [0.3, 0.4) is 0 Å². The molecule has 25 heavy (non-hydrogen) atoms. The smallest absolute Gasteiger partial charge is 0.319 e. The van der Waals surface area contributed by atoms with E-state index in [0.29, 0.717) is 12.2 Å². The number of amides is 3. The zero-order valence-electron chi connectivity index (χ0n) is 14.0. The average Bonchev–Trinajstić information content (AvgIpc) is 3.01. The largest absolute Gasteiger partial charge is 0.488 e. The highest BCUT2D eigenvalue weighted by molar-refractivity contribution is 5.92. The molecule has 0 spiro atoms. The molecular formula is C19H21N3O3. The molecule has 0 aliphatic carbocycles. The second kappa shape index (κ2) is 7.70. The third-order valence-electron chi connectivity index (χ3n) is 3.93. The van der Waals surface area contributed by atoms with Gasteiger partial charge in [0.15, 0.2) is 0 Å². The number of aryl methyl sites for hydroxylation is 1. The maximum Gasteiger partial charge on any atom is 0.319 e. The molecule has 130 valence electrons. The fraction of sp³-hybridized carbons (Fsp3) is 0.263. The topological polar surface area (TPSA) is 79.5 Å². The SMILES string of the molecule is Cc1cccc(NC(=O)NCC(=O)NCC2Cc3ccccc3O2)c1. The Labute approximate surface area is 146 Å². The highest BCUT2D eigenvalue weighted by Crippen LogP contribution is 2.27. The highest BCUT2D eigenvalue weighted by Gasteiger charge is 2.22. The molecule has 1 aliphatic heterocycles. The third kappa shape index (κ3) is 4.73. The summed E-state index contributed by atoms with van der Waals surface area (Å²) in [5.74, 6) is 0.622. The fourth-order valence-corrected chi connectivity index (χ4v) is 2.72. The number of para-hydroxylation sites is 1. The van der Waals surface area contributed by atoms with Gasteiger partial charge in [0.25, 0.3) is 0 Å². The van der Waals surface area contributed by atoms with E-state index in [4.69, 9.17) is 4.74 Å². The lowest BCUT2D eigenvalue weighted by Crippen LogP contribution is -2.42. The lowest BCUT2D eigenvalue weighted by Gasteiger charge is -2.12. The van der Waals surface area contributed by atoms with Gasteiger partial charge in [-0.15, -0.1) is 0 Å². The Morgan fingerprint density at radius 1 is 1.12 bits per heavy atom. The Balaban J connectivity index is 1.36. The van der Waals surface area contributed by atoms with E-state index in [1.807, 2.05) is 49.4 Å². The highest BCUT2D eigenvalue weighted by atomic mass is 16.5. The van der Waals surface area contributed by atoms with Gasteiger partial charge < -0.3 is 20.7 Å². The molecule has 3 N–H and O–H groups in total. The molecule has 0 fully saturated rings. The normalized spacial score (nSPS) is 15.0. The molecule has 0 bridgehead atoms. The van der Waals surface area contributed by atoms with Crippen molar-refractivity contribution in [2.45, 2.75) is 19.4 Å². The van der Waals surface area contributed by atoms with Crippen molar-refractivity contribution in [1.82, 2.24) is 10.6 Å². The molecule has 1 atom stereocenters. The van der Waals surface area contributed by atoms with Crippen molar-refractivity contribution in [3.63, 3.8) is 0 Å². The first-order valence-electron chi connectivity index (χ1n) is 8.23. The van der Waals surface area contributed by atoms with E-state index in [-0.39, 0.29) is 18.6 Å². The molecule has 1 aliphatic rings. The summed E-state index contributed by atoms with van der Waals surface area (Å²) in [5.41, 5.74) is 2.89. The minimum atomic E-state index is -0.412. The lowest BCUT2D eigenvalue weighted by atomic mass is 10.1. The van der Waals surface area contributed by atoms with Gasteiger partial charge in [0.2, 0.25) is 5.91 Å². The zero-order chi connectivity index (χ0) is 17.6. The molecule has 3 rings (SSSR count). The van der Waals surface area contributed by atoms with Gasteiger partial charge in [-0.1, -0.05) is 30.3 Å². The van der Waals surface area contributed by atoms with Crippen molar-refractivity contribution in [2.75, 3.05) is 18.4 Å². The molecule has 1 heterocycles. The molecule has 6 heteroatoms. The minimum Gasteiger partial charge on any atom is -0.488 e. The van der Waals surface area contributed by atoms with E-state index in [0.717, 1.165) is 23.3 Å². The summed E-state index contributed by atoms with van der Waals surface area (Å²) in [5, 5.41) is 8.01. The Morgan fingerprint density at radius 2 is 1.96 bits per heavy atom. The quantitative estimate of drug-likeness (QED) is 0.782. The molecule has 1 unspecified atom stereocenters. The van der Waals surface area contributed by atoms with E-state index < -0.39 is 6.03 Å². The summed E-state index contributed by atoms with van der Waals surface area (Å²) >= 11 is 0. The number of ether oxygens (including phenoxy) is 1. The number of carbonyl (C=O) groups excluding carboxylic acids is 2. The first-order valence-corrected chi connectivity index (χ1v) is 8.23. The van der Waals surface area contributed by atoms with Gasteiger partial charge in [0.1, 0.15) is 11.9 Å². The average molecular weight is 339 g/mol. The number of hydrogen-bond donors (Lipinski definition) is 3. The van der Waals surface area contributed by atoms with Crippen LogP contribution in [0.15, 0.2) is 48.5 Å². The van der Waals surface area contributed by atoms with Crippen LogP contribution >= 0.6 is 0 Å². The number of carbonyl (C=O) groups is 2. The summed E-state index contributed by atoms with van der Waals surface area (Å²) in [6.45, 7) is 2.27. The van der Waals surface area contributed by atoms with E-state index in [1.54, 1.807) is 6.07 Å².